The van der Waals surface area contributed by atoms with Crippen molar-refractivity contribution in [3.05, 3.63) is 12.7 Å². The van der Waals surface area contributed by atoms with Crippen molar-refractivity contribution in [2.45, 2.75) is 5.16 Å². The average Bonchev–Trinajstić information content (AvgIpc) is 1.88. The first kappa shape index (κ1) is 10.3. The lowest BCUT2D eigenvalue weighted by molar-refractivity contribution is 0.473. The van der Waals surface area contributed by atoms with Gasteiger partial charge in [-0.2, -0.15) is 21.9 Å². The fraction of sp³-hybridized carbons (Fsp3) is 0. The number of hydrogen-bond acceptors (Lipinski definition) is 5. The van der Waals surface area contributed by atoms with Crippen LogP contribution < -0.4 is 0 Å². The summed E-state index contributed by atoms with van der Waals surface area (Å²) in [6.07, 6.45) is 1.96. The van der Waals surface area contributed by atoms with Crippen LogP contribution in [-0.4, -0.2) is 27.9 Å². The molecule has 11 heavy (non-hydrogen) atoms. The van der Waals surface area contributed by atoms with Crippen molar-refractivity contribution in [1.29, 1.82) is 0 Å². The zero-order chi connectivity index (χ0) is 7.61. The molecule has 0 aliphatic rings. The zero-order valence-corrected chi connectivity index (χ0v) is 6.98. The lowest BCUT2D eigenvalue weighted by Crippen LogP contribution is -2.03. The molecule has 0 unspecified atom stereocenters. The van der Waals surface area contributed by atoms with E-state index in [4.69, 9.17) is 4.55 Å². The quantitative estimate of drug-likeness (QED) is 0.591. The first-order valence-electron chi connectivity index (χ1n) is 2.20. The maximum atomic E-state index is 10.2. The first-order valence-corrected chi connectivity index (χ1v) is 3.64. The van der Waals surface area contributed by atoms with Gasteiger partial charge in [-0.1, -0.05) is 0 Å². The fourth-order valence-corrected chi connectivity index (χ4v) is 0.722. The second kappa shape index (κ2) is 3.60. The third kappa shape index (κ3) is 2.78. The molecule has 0 bridgehead atoms. The summed E-state index contributed by atoms with van der Waals surface area (Å²) in [6, 6.07) is 0. The van der Waals surface area contributed by atoms with E-state index in [1.54, 1.807) is 0 Å². The fourth-order valence-electron chi connectivity index (χ4n) is 0.362. The Morgan fingerprint density at radius 3 is 2.00 bits per heavy atom. The van der Waals surface area contributed by atoms with E-state index in [1.165, 1.54) is 0 Å². The molecule has 6 nitrogen and oxygen atoms in total. The number of aromatic nitrogens is 3. The third-order valence-corrected chi connectivity index (χ3v) is 1.37. The van der Waals surface area contributed by atoms with Crippen LogP contribution in [0.2, 0.25) is 0 Å². The van der Waals surface area contributed by atoms with E-state index in [-0.39, 0.29) is 13.5 Å². The highest BCUT2D eigenvalue weighted by Crippen LogP contribution is 1.94. The van der Waals surface area contributed by atoms with Gasteiger partial charge in [0, 0.05) is 0 Å². The van der Waals surface area contributed by atoms with Crippen LogP contribution in [0.25, 0.3) is 0 Å². The molecule has 0 amide bonds. The van der Waals surface area contributed by atoms with Crippen molar-refractivity contribution in [3.63, 3.8) is 0 Å². The summed E-state index contributed by atoms with van der Waals surface area (Å²) >= 11 is 0. The van der Waals surface area contributed by atoms with Gasteiger partial charge in [0.05, 0.1) is 0 Å². The van der Waals surface area contributed by atoms with Gasteiger partial charge in [0.2, 0.25) is 0 Å². The molecule has 62 valence electrons. The normalized spacial score (nSPS) is 10.3. The summed E-state index contributed by atoms with van der Waals surface area (Å²) in [6.45, 7) is 0. The molecule has 0 aliphatic heterocycles. The van der Waals surface area contributed by atoms with Crippen molar-refractivity contribution in [2.24, 2.45) is 0 Å². The zero-order valence-electron chi connectivity index (χ0n) is 5.17. The second-order valence-corrected chi connectivity index (χ2v) is 2.71. The molecule has 1 N–H and O–H groups in total. The molecule has 1 heterocycles. The predicted octanol–water partition coefficient (Wildman–Crippen LogP) is -0.769. The van der Waals surface area contributed by atoms with Gasteiger partial charge in [0.25, 0.3) is 5.16 Å². The Hall–Kier alpha value is -0.730. The Labute approximate surface area is 69.9 Å². The molecule has 1 aromatic heterocycles. The molecule has 0 saturated carbocycles. The Morgan fingerprint density at radius 1 is 1.27 bits per heavy atom. The summed E-state index contributed by atoms with van der Waals surface area (Å²) in [4.78, 5) is 9.74. The highest BCUT2D eigenvalue weighted by Gasteiger charge is 2.10. The highest BCUT2D eigenvalue weighted by molar-refractivity contribution is 7.85. The molecule has 0 spiro atoms. The minimum atomic E-state index is -4.27. The van der Waals surface area contributed by atoms with Gasteiger partial charge in [-0.15, -0.1) is 0 Å². The second-order valence-electron chi connectivity index (χ2n) is 1.40. The van der Waals surface area contributed by atoms with Crippen molar-refractivity contribution in [3.8, 4) is 0 Å². The van der Waals surface area contributed by atoms with Crippen molar-refractivity contribution >= 4 is 23.6 Å². The molecule has 1 rings (SSSR count). The molecule has 0 aromatic carbocycles. The lowest BCUT2D eigenvalue weighted by Gasteiger charge is -1.89. The van der Waals surface area contributed by atoms with Crippen molar-refractivity contribution in [2.75, 3.05) is 0 Å². The van der Waals surface area contributed by atoms with Gasteiger partial charge < -0.3 is 0 Å². The number of nitrogens with zero attached hydrogens (tertiary/aromatic N) is 3. The largest absolute Gasteiger partial charge is 0.330 e. The van der Waals surface area contributed by atoms with E-state index in [9.17, 15) is 8.42 Å². The van der Waals surface area contributed by atoms with Crippen molar-refractivity contribution in [1.82, 2.24) is 15.0 Å². The summed E-state index contributed by atoms with van der Waals surface area (Å²) in [7, 11) is -4.27. The third-order valence-electron chi connectivity index (χ3n) is 0.700. The summed E-state index contributed by atoms with van der Waals surface area (Å²) in [5.41, 5.74) is 0. The van der Waals surface area contributed by atoms with Crippen LogP contribution in [0.15, 0.2) is 17.8 Å². The van der Waals surface area contributed by atoms with Crippen LogP contribution in [0.1, 0.15) is 0 Å². The Kier molecular flexibility index (Phi) is 3.36. The van der Waals surface area contributed by atoms with E-state index in [1.807, 2.05) is 0 Å². The van der Waals surface area contributed by atoms with E-state index in [0.29, 0.717) is 0 Å². The standard InChI is InChI=1S/C3H3N3O3S.H2S/c7-10(8,9)3-5-1-4-2-6-3;/h1-2H,(H,7,8,9);1H2. The Balaban J connectivity index is 0.000001000. The van der Waals surface area contributed by atoms with Gasteiger partial charge in [-0.25, -0.2) is 15.0 Å². The molecule has 0 fully saturated rings. The molecule has 8 heteroatoms. The van der Waals surface area contributed by atoms with E-state index >= 15 is 0 Å². The molecule has 0 aliphatic carbocycles. The summed E-state index contributed by atoms with van der Waals surface area (Å²) < 4.78 is 28.8. The van der Waals surface area contributed by atoms with Crippen LogP contribution in [0.3, 0.4) is 0 Å². The average molecular weight is 195 g/mol. The smallest absolute Gasteiger partial charge is 0.279 e. The Morgan fingerprint density at radius 2 is 1.73 bits per heavy atom. The van der Waals surface area contributed by atoms with Gasteiger partial charge in [0.15, 0.2) is 0 Å². The summed E-state index contributed by atoms with van der Waals surface area (Å²) in [5, 5.41) is -0.637. The van der Waals surface area contributed by atoms with E-state index in [0.717, 1.165) is 12.7 Å². The monoisotopic (exact) mass is 195 g/mol. The molecule has 0 radical (unpaired) electrons. The Bertz CT molecular complexity index is 310. The minimum absolute atomic E-state index is 0. The molecular formula is C3H5N3O3S2. The molecule has 1 aromatic rings. The highest BCUT2D eigenvalue weighted by atomic mass is 32.2. The van der Waals surface area contributed by atoms with Crippen LogP contribution in [-0.2, 0) is 10.1 Å². The van der Waals surface area contributed by atoms with E-state index in [2.05, 4.69) is 15.0 Å². The molecular weight excluding hydrogens is 190 g/mol. The lowest BCUT2D eigenvalue weighted by atomic mass is 11.1. The van der Waals surface area contributed by atoms with E-state index < -0.39 is 15.3 Å². The van der Waals surface area contributed by atoms with Crippen LogP contribution in [0.4, 0.5) is 0 Å². The molecule has 0 atom stereocenters. The van der Waals surface area contributed by atoms with Crippen LogP contribution in [0, 0.1) is 0 Å². The van der Waals surface area contributed by atoms with Gasteiger partial charge in [-0.3, -0.25) is 4.55 Å². The predicted molar refractivity (Wildman–Crippen MR) is 40.0 cm³/mol. The maximum absolute atomic E-state index is 10.2. The van der Waals surface area contributed by atoms with Crippen LogP contribution >= 0.6 is 13.5 Å². The topological polar surface area (TPSA) is 93.0 Å². The summed E-state index contributed by atoms with van der Waals surface area (Å²) in [5.74, 6) is 0. The first-order chi connectivity index (χ1) is 4.61. The number of rotatable bonds is 1. The van der Waals surface area contributed by atoms with Crippen molar-refractivity contribution < 1.29 is 13.0 Å². The maximum Gasteiger partial charge on any atom is 0.330 e. The molecule has 0 saturated heterocycles. The SMILES string of the molecule is O=S(=O)(O)c1ncncn1.S. The van der Waals surface area contributed by atoms with Gasteiger partial charge in [0.1, 0.15) is 12.7 Å². The van der Waals surface area contributed by atoms with Crippen LogP contribution in [0.5, 0.6) is 0 Å². The van der Waals surface area contributed by atoms with Gasteiger partial charge >= 0.3 is 10.1 Å². The van der Waals surface area contributed by atoms with Gasteiger partial charge in [-0.05, 0) is 0 Å². The number of hydrogen-bond donors (Lipinski definition) is 1. The minimum Gasteiger partial charge on any atom is -0.279 e.